The minimum Gasteiger partial charge on any atom is -0.310 e. The van der Waals surface area contributed by atoms with Crippen LogP contribution in [-0.2, 0) is 0 Å². The summed E-state index contributed by atoms with van der Waals surface area (Å²) in [5.41, 5.74) is 2.48. The molecule has 0 saturated carbocycles. The van der Waals surface area contributed by atoms with Gasteiger partial charge < -0.3 is 5.32 Å². The van der Waals surface area contributed by atoms with Crippen molar-refractivity contribution in [1.29, 1.82) is 0 Å². The first-order valence-corrected chi connectivity index (χ1v) is 9.29. The maximum atomic E-state index is 4.60. The molecule has 0 amide bonds. The number of unbranched alkanes of at least 4 members (excludes halogenated alkanes) is 4. The average molecular weight is 305 g/mol. The largest absolute Gasteiger partial charge is 0.310 e. The molecule has 0 bridgehead atoms. The molecule has 0 aliphatic rings. The maximum absolute atomic E-state index is 4.60. The molecule has 2 aromatic heterocycles. The first kappa shape index (κ1) is 16.4. The number of hydrogen-bond acceptors (Lipinski definition) is 3. The molecule has 2 rings (SSSR count). The van der Waals surface area contributed by atoms with Crippen LogP contribution in [0.3, 0.4) is 0 Å². The van der Waals surface area contributed by atoms with Crippen LogP contribution in [0.2, 0.25) is 0 Å². The van der Waals surface area contributed by atoms with E-state index in [0.717, 1.165) is 12.1 Å². The average Bonchev–Trinajstić information content (AvgIpc) is 2.97. The fourth-order valence-electron chi connectivity index (χ4n) is 2.71. The monoisotopic (exact) mass is 304 g/mol. The van der Waals surface area contributed by atoms with E-state index in [0.29, 0.717) is 6.04 Å². The summed E-state index contributed by atoms with van der Waals surface area (Å²) in [6, 6.07) is 4.89. The molecule has 0 spiro atoms. The van der Waals surface area contributed by atoms with E-state index in [2.05, 4.69) is 47.9 Å². The Morgan fingerprint density at radius 2 is 2.00 bits per heavy atom. The molecule has 0 aliphatic carbocycles. The van der Waals surface area contributed by atoms with Crippen LogP contribution < -0.4 is 5.32 Å². The molecule has 0 radical (unpaired) electrons. The molecule has 1 N–H and O–H groups in total. The number of pyridine rings is 1. The third kappa shape index (κ3) is 5.08. The van der Waals surface area contributed by atoms with Gasteiger partial charge >= 0.3 is 0 Å². The van der Waals surface area contributed by atoms with Crippen molar-refractivity contribution in [2.45, 2.75) is 64.8 Å². The van der Waals surface area contributed by atoms with Gasteiger partial charge in [0, 0.05) is 12.2 Å². The second kappa shape index (κ2) is 9.16. The Hall–Kier alpha value is -0.930. The fraction of sp³-hybridized carbons (Fsp3) is 0.611. The standard InChI is InChI=1S/C18H28N2S/c1-3-5-6-7-8-9-16(19-11-4-2)15-13-18-17(20-14-15)10-12-21-18/h10,12-14,16,19H,3-9,11H2,1-2H3. The predicted octanol–water partition coefficient (Wildman–Crippen LogP) is 5.70. The zero-order valence-electron chi connectivity index (χ0n) is 13.4. The molecule has 0 fully saturated rings. The molecule has 3 heteroatoms. The first-order valence-electron chi connectivity index (χ1n) is 8.41. The second-order valence-electron chi connectivity index (χ2n) is 5.78. The summed E-state index contributed by atoms with van der Waals surface area (Å²) < 4.78 is 1.31. The van der Waals surface area contributed by atoms with E-state index >= 15 is 0 Å². The zero-order valence-corrected chi connectivity index (χ0v) is 14.2. The molecule has 2 heterocycles. The highest BCUT2D eigenvalue weighted by atomic mass is 32.1. The maximum Gasteiger partial charge on any atom is 0.0809 e. The van der Waals surface area contributed by atoms with E-state index < -0.39 is 0 Å². The Balaban J connectivity index is 1.96. The lowest BCUT2D eigenvalue weighted by Gasteiger charge is -2.19. The number of hydrogen-bond donors (Lipinski definition) is 1. The Morgan fingerprint density at radius 3 is 2.81 bits per heavy atom. The van der Waals surface area contributed by atoms with Crippen molar-refractivity contribution in [2.75, 3.05) is 6.54 Å². The van der Waals surface area contributed by atoms with Gasteiger partial charge in [0.2, 0.25) is 0 Å². The number of thiophene rings is 1. The zero-order chi connectivity index (χ0) is 14.9. The predicted molar refractivity (Wildman–Crippen MR) is 94.0 cm³/mol. The smallest absolute Gasteiger partial charge is 0.0809 e. The Labute approximate surface area is 133 Å². The van der Waals surface area contributed by atoms with Crippen LogP contribution in [-0.4, -0.2) is 11.5 Å². The van der Waals surface area contributed by atoms with Crippen LogP contribution in [0.5, 0.6) is 0 Å². The molecule has 2 nitrogen and oxygen atoms in total. The van der Waals surface area contributed by atoms with Gasteiger partial charge in [-0.25, -0.2) is 0 Å². The summed E-state index contributed by atoms with van der Waals surface area (Å²) in [6.07, 6.45) is 11.2. The summed E-state index contributed by atoms with van der Waals surface area (Å²) in [6.45, 7) is 5.58. The fourth-order valence-corrected chi connectivity index (χ4v) is 3.50. The molecule has 0 aliphatic heterocycles. The summed E-state index contributed by atoms with van der Waals surface area (Å²) in [5, 5.41) is 5.82. The molecule has 116 valence electrons. The lowest BCUT2D eigenvalue weighted by molar-refractivity contribution is 0.467. The Kier molecular flexibility index (Phi) is 7.17. The van der Waals surface area contributed by atoms with Gasteiger partial charge in [0.15, 0.2) is 0 Å². The molecular weight excluding hydrogens is 276 g/mol. The highest BCUT2D eigenvalue weighted by Gasteiger charge is 2.12. The topological polar surface area (TPSA) is 24.9 Å². The van der Waals surface area contributed by atoms with Gasteiger partial charge in [0.25, 0.3) is 0 Å². The van der Waals surface area contributed by atoms with Gasteiger partial charge in [0.1, 0.15) is 0 Å². The molecule has 1 unspecified atom stereocenters. The van der Waals surface area contributed by atoms with Crippen molar-refractivity contribution >= 4 is 21.6 Å². The van der Waals surface area contributed by atoms with Gasteiger partial charge in [-0.15, -0.1) is 11.3 Å². The summed E-state index contributed by atoms with van der Waals surface area (Å²) in [4.78, 5) is 4.60. The van der Waals surface area contributed by atoms with Gasteiger partial charge in [-0.2, -0.15) is 0 Å². The van der Waals surface area contributed by atoms with Gasteiger partial charge in [-0.3, -0.25) is 4.98 Å². The van der Waals surface area contributed by atoms with Crippen molar-refractivity contribution in [3.63, 3.8) is 0 Å². The lowest BCUT2D eigenvalue weighted by Crippen LogP contribution is -2.22. The van der Waals surface area contributed by atoms with Crippen LogP contribution in [0.4, 0.5) is 0 Å². The molecule has 2 aromatic rings. The number of nitrogens with zero attached hydrogens (tertiary/aromatic N) is 1. The molecule has 1 atom stereocenters. The van der Waals surface area contributed by atoms with Crippen LogP contribution >= 0.6 is 11.3 Å². The van der Waals surface area contributed by atoms with E-state index in [1.54, 1.807) is 11.3 Å². The van der Waals surface area contributed by atoms with Crippen LogP contribution in [0.1, 0.15) is 70.4 Å². The van der Waals surface area contributed by atoms with E-state index in [1.165, 1.54) is 55.2 Å². The van der Waals surface area contributed by atoms with E-state index in [1.807, 2.05) is 0 Å². The quantitative estimate of drug-likeness (QED) is 0.570. The van der Waals surface area contributed by atoms with Crippen LogP contribution in [0.15, 0.2) is 23.7 Å². The summed E-state index contributed by atoms with van der Waals surface area (Å²) >= 11 is 1.79. The molecular formula is C18H28N2S. The number of aromatic nitrogens is 1. The normalized spacial score (nSPS) is 12.9. The van der Waals surface area contributed by atoms with Crippen molar-refractivity contribution in [3.05, 3.63) is 29.3 Å². The minimum atomic E-state index is 0.463. The Bertz CT molecular complexity index is 521. The van der Waals surface area contributed by atoms with E-state index in [9.17, 15) is 0 Å². The van der Waals surface area contributed by atoms with E-state index in [-0.39, 0.29) is 0 Å². The van der Waals surface area contributed by atoms with E-state index in [4.69, 9.17) is 0 Å². The number of fused-ring (bicyclic) bond motifs is 1. The first-order chi connectivity index (χ1) is 10.3. The Morgan fingerprint density at radius 1 is 1.14 bits per heavy atom. The highest BCUT2D eigenvalue weighted by molar-refractivity contribution is 7.17. The summed E-state index contributed by atoms with van der Waals surface area (Å²) in [5.74, 6) is 0. The van der Waals surface area contributed by atoms with Crippen molar-refractivity contribution in [2.24, 2.45) is 0 Å². The van der Waals surface area contributed by atoms with Crippen LogP contribution in [0.25, 0.3) is 10.2 Å². The van der Waals surface area contributed by atoms with Crippen molar-refractivity contribution in [1.82, 2.24) is 10.3 Å². The molecule has 21 heavy (non-hydrogen) atoms. The highest BCUT2D eigenvalue weighted by Crippen LogP contribution is 2.25. The minimum absolute atomic E-state index is 0.463. The molecule has 0 saturated heterocycles. The van der Waals surface area contributed by atoms with Crippen molar-refractivity contribution < 1.29 is 0 Å². The van der Waals surface area contributed by atoms with Gasteiger partial charge in [-0.05, 0) is 42.5 Å². The van der Waals surface area contributed by atoms with Crippen molar-refractivity contribution in [3.8, 4) is 0 Å². The lowest BCUT2D eigenvalue weighted by atomic mass is 10.0. The SMILES string of the molecule is CCCCCCCC(NCCC)c1cnc2ccsc2c1. The third-order valence-electron chi connectivity index (χ3n) is 3.96. The van der Waals surface area contributed by atoms with Gasteiger partial charge in [0.05, 0.1) is 10.2 Å². The number of nitrogens with one attached hydrogen (secondary N) is 1. The van der Waals surface area contributed by atoms with Gasteiger partial charge in [-0.1, -0.05) is 46.0 Å². The second-order valence-corrected chi connectivity index (χ2v) is 6.73. The third-order valence-corrected chi connectivity index (χ3v) is 4.82. The van der Waals surface area contributed by atoms with Crippen LogP contribution in [0, 0.1) is 0 Å². The number of rotatable bonds is 10. The molecule has 0 aromatic carbocycles. The summed E-state index contributed by atoms with van der Waals surface area (Å²) in [7, 11) is 0.